The summed E-state index contributed by atoms with van der Waals surface area (Å²) in [5.74, 6) is -0.233. The first kappa shape index (κ1) is 22.7. The first-order valence-electron chi connectivity index (χ1n) is 10.1. The van der Waals surface area contributed by atoms with E-state index in [0.29, 0.717) is 50.6 Å². The highest BCUT2D eigenvalue weighted by atomic mass is 32.2. The van der Waals surface area contributed by atoms with Gasteiger partial charge in [-0.15, -0.1) is 11.3 Å². The molecule has 0 radical (unpaired) electrons. The Morgan fingerprint density at radius 2 is 1.83 bits per heavy atom. The molecule has 1 aromatic carbocycles. The molecule has 0 saturated carbocycles. The van der Waals surface area contributed by atoms with Crippen LogP contribution >= 0.6 is 11.3 Å². The zero-order chi connectivity index (χ0) is 21.9. The van der Waals surface area contributed by atoms with Gasteiger partial charge in [-0.25, -0.2) is 8.42 Å². The van der Waals surface area contributed by atoms with Crippen LogP contribution in [0.15, 0.2) is 29.2 Å². The smallest absolute Gasteiger partial charge is 0.256 e. The first-order chi connectivity index (χ1) is 14.3. The van der Waals surface area contributed by atoms with E-state index in [1.165, 1.54) is 4.31 Å². The molecule has 1 saturated heterocycles. The fraction of sp³-hybridized carbons (Fsp3) is 0.476. The van der Waals surface area contributed by atoms with E-state index < -0.39 is 10.0 Å². The van der Waals surface area contributed by atoms with Gasteiger partial charge in [-0.1, -0.05) is 13.8 Å². The second-order valence-electron chi connectivity index (χ2n) is 7.15. The van der Waals surface area contributed by atoms with Crippen LogP contribution in [0.2, 0.25) is 0 Å². The van der Waals surface area contributed by atoms with Gasteiger partial charge in [0.05, 0.1) is 35.0 Å². The number of carbonyl (C=O) groups is 1. The lowest BCUT2D eigenvalue weighted by atomic mass is 10.2. The third kappa shape index (κ3) is 4.69. The summed E-state index contributed by atoms with van der Waals surface area (Å²) in [5.41, 5.74) is 1.91. The maximum Gasteiger partial charge on any atom is 0.256 e. The normalized spacial score (nSPS) is 14.9. The van der Waals surface area contributed by atoms with Gasteiger partial charge in [-0.05, 0) is 38.1 Å². The van der Waals surface area contributed by atoms with Crippen LogP contribution in [0.4, 0.5) is 11.4 Å². The highest BCUT2D eigenvalue weighted by Gasteiger charge is 2.25. The number of rotatable bonds is 7. The molecule has 1 fully saturated rings. The Morgan fingerprint density at radius 1 is 1.17 bits per heavy atom. The lowest BCUT2D eigenvalue weighted by Gasteiger charge is -2.31. The molecule has 164 valence electrons. The molecule has 2 heterocycles. The van der Waals surface area contributed by atoms with Crippen molar-refractivity contribution in [2.75, 3.05) is 49.6 Å². The molecule has 0 aliphatic carbocycles. The van der Waals surface area contributed by atoms with Crippen molar-refractivity contribution in [3.05, 3.63) is 39.6 Å². The standard InChI is InChI=1S/C21H29N3O4S2/c1-5-24(6-2)30(26,27)17-7-8-20(23-9-11-28-12-10-23)19(14-17)22-21(25)18-13-15(3)29-16(18)4/h7-8,13-14H,5-6,9-12H2,1-4H3,(H,22,25). The van der Waals surface area contributed by atoms with E-state index in [0.717, 1.165) is 15.4 Å². The molecule has 1 amide bonds. The number of hydrogen-bond acceptors (Lipinski definition) is 6. The van der Waals surface area contributed by atoms with E-state index in [9.17, 15) is 13.2 Å². The Morgan fingerprint density at radius 3 is 2.40 bits per heavy atom. The second kappa shape index (κ2) is 9.47. The molecule has 0 bridgehead atoms. The summed E-state index contributed by atoms with van der Waals surface area (Å²) < 4.78 is 32.9. The maximum absolute atomic E-state index is 13.0. The highest BCUT2D eigenvalue weighted by Crippen LogP contribution is 2.32. The van der Waals surface area contributed by atoms with Crippen molar-refractivity contribution in [2.24, 2.45) is 0 Å². The van der Waals surface area contributed by atoms with E-state index in [-0.39, 0.29) is 10.8 Å². The fourth-order valence-electron chi connectivity index (χ4n) is 3.61. The molecular weight excluding hydrogens is 422 g/mol. The van der Waals surface area contributed by atoms with Crippen LogP contribution in [0.5, 0.6) is 0 Å². The average Bonchev–Trinajstić information content (AvgIpc) is 3.07. The molecule has 0 spiro atoms. The van der Waals surface area contributed by atoms with E-state index in [2.05, 4.69) is 10.2 Å². The number of thiophene rings is 1. The van der Waals surface area contributed by atoms with Crippen molar-refractivity contribution >= 4 is 38.6 Å². The van der Waals surface area contributed by atoms with Crippen molar-refractivity contribution in [3.8, 4) is 0 Å². The van der Waals surface area contributed by atoms with Crippen molar-refractivity contribution in [2.45, 2.75) is 32.6 Å². The number of carbonyl (C=O) groups excluding carboxylic acids is 1. The molecule has 3 rings (SSSR count). The first-order valence-corrected chi connectivity index (χ1v) is 12.4. The van der Waals surface area contributed by atoms with Gasteiger partial charge in [-0.3, -0.25) is 4.79 Å². The minimum atomic E-state index is -3.63. The van der Waals surface area contributed by atoms with Gasteiger partial charge >= 0.3 is 0 Å². The van der Waals surface area contributed by atoms with Gasteiger partial charge in [0.1, 0.15) is 0 Å². The monoisotopic (exact) mass is 451 g/mol. The van der Waals surface area contributed by atoms with Crippen molar-refractivity contribution in [1.29, 1.82) is 0 Å². The van der Waals surface area contributed by atoms with Crippen LogP contribution in [0.1, 0.15) is 34.0 Å². The van der Waals surface area contributed by atoms with Crippen LogP contribution in [0, 0.1) is 13.8 Å². The molecule has 1 aromatic heterocycles. The fourth-order valence-corrected chi connectivity index (χ4v) is 6.02. The predicted molar refractivity (Wildman–Crippen MR) is 121 cm³/mol. The molecule has 0 atom stereocenters. The molecule has 30 heavy (non-hydrogen) atoms. The molecule has 2 aromatic rings. The average molecular weight is 452 g/mol. The highest BCUT2D eigenvalue weighted by molar-refractivity contribution is 7.89. The van der Waals surface area contributed by atoms with E-state index in [4.69, 9.17) is 4.74 Å². The number of benzene rings is 1. The second-order valence-corrected chi connectivity index (χ2v) is 10.5. The number of nitrogens with one attached hydrogen (secondary N) is 1. The van der Waals surface area contributed by atoms with E-state index in [1.54, 1.807) is 29.5 Å². The summed E-state index contributed by atoms with van der Waals surface area (Å²) in [7, 11) is -3.63. The summed E-state index contributed by atoms with van der Waals surface area (Å²) in [5, 5.41) is 2.97. The van der Waals surface area contributed by atoms with Crippen molar-refractivity contribution in [1.82, 2.24) is 4.31 Å². The third-order valence-corrected chi connectivity index (χ3v) is 8.21. The van der Waals surface area contributed by atoms with E-state index >= 15 is 0 Å². The van der Waals surface area contributed by atoms with Gasteiger partial charge in [0.15, 0.2) is 0 Å². The number of amides is 1. The summed E-state index contributed by atoms with van der Waals surface area (Å²) >= 11 is 1.57. The molecule has 0 unspecified atom stereocenters. The Hall–Kier alpha value is -1.94. The van der Waals surface area contributed by atoms with Crippen molar-refractivity contribution < 1.29 is 17.9 Å². The van der Waals surface area contributed by atoms with Gasteiger partial charge in [0.2, 0.25) is 10.0 Å². The lowest BCUT2D eigenvalue weighted by molar-refractivity contribution is 0.102. The summed E-state index contributed by atoms with van der Waals surface area (Å²) in [4.78, 5) is 17.3. The molecule has 1 aliphatic rings. The largest absolute Gasteiger partial charge is 0.378 e. The number of nitrogens with zero attached hydrogens (tertiary/aromatic N) is 2. The Kier molecular flexibility index (Phi) is 7.18. The Balaban J connectivity index is 2.02. The minimum absolute atomic E-state index is 0.178. The molecule has 1 aliphatic heterocycles. The van der Waals surface area contributed by atoms with Gasteiger partial charge in [0.25, 0.3) is 5.91 Å². The number of ether oxygens (including phenoxy) is 1. The number of morpholine rings is 1. The van der Waals surface area contributed by atoms with Crippen LogP contribution in [0.25, 0.3) is 0 Å². The summed E-state index contributed by atoms with van der Waals surface area (Å²) in [6.45, 7) is 10.8. The van der Waals surface area contributed by atoms with Crippen molar-refractivity contribution in [3.63, 3.8) is 0 Å². The van der Waals surface area contributed by atoms with Crippen LogP contribution in [-0.2, 0) is 14.8 Å². The predicted octanol–water partition coefficient (Wildman–Crippen LogP) is 3.48. The summed E-state index contributed by atoms with van der Waals surface area (Å²) in [6.07, 6.45) is 0. The SMILES string of the molecule is CCN(CC)S(=O)(=O)c1ccc(N2CCOCC2)c(NC(=O)c2cc(C)sc2C)c1. The number of hydrogen-bond donors (Lipinski definition) is 1. The van der Waals surface area contributed by atoms with Gasteiger partial charge < -0.3 is 15.0 Å². The van der Waals surface area contributed by atoms with Gasteiger partial charge in [-0.2, -0.15) is 4.31 Å². The van der Waals surface area contributed by atoms with Crippen LogP contribution in [0.3, 0.4) is 0 Å². The summed E-state index contributed by atoms with van der Waals surface area (Å²) in [6, 6.07) is 6.84. The zero-order valence-electron chi connectivity index (χ0n) is 17.9. The topological polar surface area (TPSA) is 79.0 Å². The quantitative estimate of drug-likeness (QED) is 0.697. The lowest BCUT2D eigenvalue weighted by Crippen LogP contribution is -2.37. The van der Waals surface area contributed by atoms with E-state index in [1.807, 2.05) is 33.8 Å². The Labute approximate surface area is 182 Å². The number of aryl methyl sites for hydroxylation is 2. The molecular formula is C21H29N3O4S2. The third-order valence-electron chi connectivity index (χ3n) is 5.20. The minimum Gasteiger partial charge on any atom is -0.378 e. The number of sulfonamides is 1. The zero-order valence-corrected chi connectivity index (χ0v) is 19.5. The van der Waals surface area contributed by atoms with Crippen LogP contribution in [-0.4, -0.2) is 58.0 Å². The molecule has 7 nitrogen and oxygen atoms in total. The molecule has 1 N–H and O–H groups in total. The maximum atomic E-state index is 13.0. The number of anilines is 2. The Bertz CT molecular complexity index is 1010. The van der Waals surface area contributed by atoms with Crippen LogP contribution < -0.4 is 10.2 Å². The molecule has 9 heteroatoms. The van der Waals surface area contributed by atoms with Gasteiger partial charge in [0, 0.05) is 35.9 Å².